The second-order valence-corrected chi connectivity index (χ2v) is 9.90. The van der Waals surface area contributed by atoms with Crippen LogP contribution in [0.2, 0.25) is 0 Å². The van der Waals surface area contributed by atoms with E-state index in [9.17, 15) is 18.3 Å². The number of anilines is 1. The van der Waals surface area contributed by atoms with Crippen LogP contribution in [0.15, 0.2) is 36.4 Å². The van der Waals surface area contributed by atoms with Crippen molar-refractivity contribution in [3.63, 3.8) is 0 Å². The molecule has 28 heavy (non-hydrogen) atoms. The minimum Gasteiger partial charge on any atom is -0.391 e. The Hall–Kier alpha value is -2.16. The van der Waals surface area contributed by atoms with Gasteiger partial charge in [-0.05, 0) is 17.5 Å². The van der Waals surface area contributed by atoms with Crippen molar-refractivity contribution in [3.05, 3.63) is 42.0 Å². The molecule has 0 spiro atoms. The molecule has 0 radical (unpaired) electrons. The van der Waals surface area contributed by atoms with E-state index in [1.807, 2.05) is 49.3 Å². The lowest BCUT2D eigenvalue weighted by Gasteiger charge is -2.21. The summed E-state index contributed by atoms with van der Waals surface area (Å²) in [5, 5.41) is 12.2. The summed E-state index contributed by atoms with van der Waals surface area (Å²) in [6.45, 7) is 0.354. The Morgan fingerprint density at radius 1 is 1.07 bits per heavy atom. The standard InChI is InChI=1S/C20H27N3O4S/c1-21(2)18-10-9-17(15-7-5-6-8-16(15)18)20(25)23-11-14(19(24)12-23)13-28(26,27)22(3)4/h5-10,14,19,24H,11-13H2,1-4H3/t14-,19-/m0/s1. The number of β-amino-alcohol motifs (C(OH)–C–C–N with tert-alkyl or cyclic N) is 1. The molecule has 1 aliphatic heterocycles. The molecule has 1 N–H and O–H groups in total. The molecule has 1 aliphatic rings. The first-order valence-electron chi connectivity index (χ1n) is 9.18. The van der Waals surface area contributed by atoms with E-state index < -0.39 is 22.0 Å². The molecule has 2 aromatic rings. The summed E-state index contributed by atoms with van der Waals surface area (Å²) < 4.78 is 25.5. The number of benzene rings is 2. The van der Waals surface area contributed by atoms with E-state index >= 15 is 0 Å². The fraction of sp³-hybridized carbons (Fsp3) is 0.450. The van der Waals surface area contributed by atoms with Crippen LogP contribution >= 0.6 is 0 Å². The number of carbonyl (C=O) groups is 1. The molecule has 0 unspecified atom stereocenters. The van der Waals surface area contributed by atoms with Gasteiger partial charge in [-0.15, -0.1) is 0 Å². The van der Waals surface area contributed by atoms with Crippen LogP contribution in [-0.2, 0) is 10.0 Å². The molecule has 8 heteroatoms. The average molecular weight is 406 g/mol. The van der Waals surface area contributed by atoms with Crippen LogP contribution in [0.3, 0.4) is 0 Å². The predicted octanol–water partition coefficient (Wildman–Crippen LogP) is 1.23. The van der Waals surface area contributed by atoms with Crippen molar-refractivity contribution in [2.75, 3.05) is 51.9 Å². The van der Waals surface area contributed by atoms with Gasteiger partial charge in [0.2, 0.25) is 10.0 Å². The van der Waals surface area contributed by atoms with Crippen LogP contribution in [0.5, 0.6) is 0 Å². The molecule has 2 atom stereocenters. The normalized spacial score (nSPS) is 20.1. The number of hydrogen-bond acceptors (Lipinski definition) is 5. The Balaban J connectivity index is 1.89. The van der Waals surface area contributed by atoms with Gasteiger partial charge in [-0.2, -0.15) is 0 Å². The smallest absolute Gasteiger partial charge is 0.254 e. The van der Waals surface area contributed by atoms with Gasteiger partial charge in [0, 0.05) is 63.8 Å². The molecular weight excluding hydrogens is 378 g/mol. The highest BCUT2D eigenvalue weighted by Gasteiger charge is 2.38. The minimum absolute atomic E-state index is 0.135. The van der Waals surface area contributed by atoms with Gasteiger partial charge in [0.1, 0.15) is 0 Å². The summed E-state index contributed by atoms with van der Waals surface area (Å²) in [4.78, 5) is 16.7. The number of carbonyl (C=O) groups excluding carboxylic acids is 1. The average Bonchev–Trinajstić information content (AvgIpc) is 2.99. The van der Waals surface area contributed by atoms with Crippen LogP contribution in [0, 0.1) is 5.92 Å². The molecule has 1 heterocycles. The van der Waals surface area contributed by atoms with E-state index in [0.717, 1.165) is 20.8 Å². The molecule has 152 valence electrons. The summed E-state index contributed by atoms with van der Waals surface area (Å²) >= 11 is 0. The molecule has 1 amide bonds. The lowest BCUT2D eigenvalue weighted by molar-refractivity contribution is 0.0766. The van der Waals surface area contributed by atoms with Gasteiger partial charge >= 0.3 is 0 Å². The third kappa shape index (κ3) is 3.85. The predicted molar refractivity (Wildman–Crippen MR) is 111 cm³/mol. The van der Waals surface area contributed by atoms with Crippen molar-refractivity contribution < 1.29 is 18.3 Å². The molecular formula is C20H27N3O4S. The first-order chi connectivity index (χ1) is 13.1. The minimum atomic E-state index is -3.45. The van der Waals surface area contributed by atoms with Crippen molar-refractivity contribution >= 4 is 32.4 Å². The summed E-state index contributed by atoms with van der Waals surface area (Å²) in [7, 11) is 3.40. The van der Waals surface area contributed by atoms with Crippen LogP contribution in [0.4, 0.5) is 5.69 Å². The lowest BCUT2D eigenvalue weighted by Crippen LogP contribution is -2.33. The molecule has 0 aliphatic carbocycles. The molecule has 7 nitrogen and oxygen atoms in total. The lowest BCUT2D eigenvalue weighted by atomic mass is 10.0. The van der Waals surface area contributed by atoms with Gasteiger partial charge in [-0.3, -0.25) is 4.79 Å². The Morgan fingerprint density at radius 3 is 2.32 bits per heavy atom. The first-order valence-corrected chi connectivity index (χ1v) is 10.8. The number of nitrogens with zero attached hydrogens (tertiary/aromatic N) is 3. The number of aliphatic hydroxyl groups excluding tert-OH is 1. The number of rotatable bonds is 5. The molecule has 0 aromatic heterocycles. The number of likely N-dealkylation sites (tertiary alicyclic amines) is 1. The van der Waals surface area contributed by atoms with Crippen molar-refractivity contribution in [2.24, 2.45) is 5.92 Å². The van der Waals surface area contributed by atoms with Crippen molar-refractivity contribution in [1.82, 2.24) is 9.21 Å². The number of fused-ring (bicyclic) bond motifs is 1. The van der Waals surface area contributed by atoms with E-state index in [-0.39, 0.29) is 24.7 Å². The summed E-state index contributed by atoms with van der Waals surface area (Å²) in [5.74, 6) is -0.861. The summed E-state index contributed by atoms with van der Waals surface area (Å²) in [6, 6.07) is 11.4. The van der Waals surface area contributed by atoms with E-state index in [0.29, 0.717) is 5.56 Å². The fourth-order valence-electron chi connectivity index (χ4n) is 3.63. The topological polar surface area (TPSA) is 81.2 Å². The van der Waals surface area contributed by atoms with E-state index in [2.05, 4.69) is 0 Å². The fourth-order valence-corrected chi connectivity index (χ4v) is 4.80. The van der Waals surface area contributed by atoms with Crippen LogP contribution in [0.1, 0.15) is 10.4 Å². The number of hydrogen-bond donors (Lipinski definition) is 1. The van der Waals surface area contributed by atoms with Crippen LogP contribution in [0.25, 0.3) is 10.8 Å². The molecule has 0 bridgehead atoms. The van der Waals surface area contributed by atoms with E-state index in [4.69, 9.17) is 0 Å². The van der Waals surface area contributed by atoms with Gasteiger partial charge in [-0.1, -0.05) is 24.3 Å². The van der Waals surface area contributed by atoms with Crippen molar-refractivity contribution in [1.29, 1.82) is 0 Å². The maximum absolute atomic E-state index is 13.2. The Kier molecular flexibility index (Phi) is 5.65. The highest BCUT2D eigenvalue weighted by molar-refractivity contribution is 7.89. The largest absolute Gasteiger partial charge is 0.391 e. The molecule has 3 rings (SSSR count). The first kappa shape index (κ1) is 20.6. The highest BCUT2D eigenvalue weighted by atomic mass is 32.2. The Morgan fingerprint density at radius 2 is 1.71 bits per heavy atom. The van der Waals surface area contributed by atoms with Crippen molar-refractivity contribution in [2.45, 2.75) is 6.10 Å². The van der Waals surface area contributed by atoms with Gasteiger partial charge in [0.15, 0.2) is 0 Å². The van der Waals surface area contributed by atoms with Gasteiger partial charge in [0.25, 0.3) is 5.91 Å². The third-order valence-electron chi connectivity index (χ3n) is 5.29. The number of sulfonamides is 1. The second-order valence-electron chi connectivity index (χ2n) is 7.67. The number of aliphatic hydroxyl groups is 1. The maximum Gasteiger partial charge on any atom is 0.254 e. The second kappa shape index (κ2) is 7.69. The van der Waals surface area contributed by atoms with Gasteiger partial charge in [0.05, 0.1) is 11.9 Å². The molecule has 1 fully saturated rings. The zero-order chi connectivity index (χ0) is 20.6. The van der Waals surface area contributed by atoms with Crippen molar-refractivity contribution in [3.8, 4) is 0 Å². The molecule has 0 saturated carbocycles. The number of amides is 1. The Bertz CT molecular complexity index is 988. The molecule has 2 aromatic carbocycles. The quantitative estimate of drug-likeness (QED) is 0.809. The monoisotopic (exact) mass is 405 g/mol. The van der Waals surface area contributed by atoms with Gasteiger partial charge in [-0.25, -0.2) is 12.7 Å². The van der Waals surface area contributed by atoms with Gasteiger partial charge < -0.3 is 14.9 Å². The third-order valence-corrected chi connectivity index (χ3v) is 7.25. The zero-order valence-electron chi connectivity index (χ0n) is 16.7. The van der Waals surface area contributed by atoms with Crippen LogP contribution in [-0.4, -0.2) is 81.8 Å². The highest BCUT2D eigenvalue weighted by Crippen LogP contribution is 2.30. The van der Waals surface area contributed by atoms with Crippen LogP contribution < -0.4 is 4.90 Å². The molecule has 1 saturated heterocycles. The Labute approximate surface area is 166 Å². The zero-order valence-corrected chi connectivity index (χ0v) is 17.5. The van der Waals surface area contributed by atoms with E-state index in [1.54, 1.807) is 11.0 Å². The summed E-state index contributed by atoms with van der Waals surface area (Å²) in [5.41, 5.74) is 1.58. The maximum atomic E-state index is 13.2. The SMILES string of the molecule is CN(C)c1ccc(C(=O)N2C[C@@H](CS(=O)(=O)N(C)C)[C@@H](O)C2)c2ccccc12. The van der Waals surface area contributed by atoms with E-state index in [1.165, 1.54) is 14.1 Å². The summed E-state index contributed by atoms with van der Waals surface area (Å²) in [6.07, 6.45) is -0.856.